The fourth-order valence-electron chi connectivity index (χ4n) is 5.17. The third kappa shape index (κ3) is 6.00. The maximum Gasteiger partial charge on any atom is 0.264 e. The van der Waals surface area contributed by atoms with Crippen LogP contribution in [-0.4, -0.2) is 36.4 Å². The first-order chi connectivity index (χ1) is 21.7. The summed E-state index contributed by atoms with van der Waals surface area (Å²) in [6.45, 7) is 3.65. The van der Waals surface area contributed by atoms with Gasteiger partial charge in [-0.25, -0.2) is 18.1 Å². The molecule has 0 atom stereocenters. The van der Waals surface area contributed by atoms with Crippen molar-refractivity contribution in [2.45, 2.75) is 25.3 Å². The van der Waals surface area contributed by atoms with E-state index in [2.05, 4.69) is 14.9 Å². The van der Waals surface area contributed by atoms with E-state index >= 15 is 0 Å². The second-order valence-electron chi connectivity index (χ2n) is 10.6. The molecule has 226 valence electrons. The van der Waals surface area contributed by atoms with E-state index in [1.54, 1.807) is 50.2 Å². The topological polar surface area (TPSA) is 119 Å². The fourth-order valence-corrected chi connectivity index (χ4v) is 6.44. The van der Waals surface area contributed by atoms with Gasteiger partial charge in [-0.3, -0.25) is 4.79 Å². The molecule has 1 N–H and O–H groups in total. The van der Waals surface area contributed by atoms with E-state index in [1.807, 2.05) is 72.8 Å². The van der Waals surface area contributed by atoms with Crippen molar-refractivity contribution in [1.82, 2.24) is 15.0 Å². The molecule has 0 saturated carbocycles. The van der Waals surface area contributed by atoms with E-state index in [-0.39, 0.29) is 23.2 Å². The molecule has 2 aromatic heterocycles. The number of benzene rings is 4. The number of oxazole rings is 1. The van der Waals surface area contributed by atoms with Crippen LogP contribution in [0.25, 0.3) is 33.7 Å². The molecule has 0 aliphatic rings. The molecule has 0 bridgehead atoms. The van der Waals surface area contributed by atoms with Crippen LogP contribution in [0.4, 0.5) is 5.88 Å². The molecule has 0 fully saturated rings. The number of aryl methyl sites for hydroxylation is 1. The Morgan fingerprint density at radius 1 is 0.844 bits per heavy atom. The average molecular weight is 619 g/mol. The lowest BCUT2D eigenvalue weighted by Gasteiger charge is -2.22. The van der Waals surface area contributed by atoms with Crippen molar-refractivity contribution in [3.63, 3.8) is 0 Å². The molecular weight excluding hydrogens is 588 g/mol. The van der Waals surface area contributed by atoms with Gasteiger partial charge in [0.15, 0.2) is 0 Å². The molecule has 0 radical (unpaired) electrons. The molecule has 10 heteroatoms. The Balaban J connectivity index is 1.41. The van der Waals surface area contributed by atoms with E-state index in [9.17, 15) is 13.2 Å². The minimum absolute atomic E-state index is 0.0481. The number of anilines is 1. The number of rotatable bonds is 9. The van der Waals surface area contributed by atoms with Gasteiger partial charge < -0.3 is 13.8 Å². The van der Waals surface area contributed by atoms with E-state index in [1.165, 1.54) is 12.3 Å². The number of hydrogen-bond acceptors (Lipinski definition) is 7. The first-order valence-electron chi connectivity index (χ1n) is 14.2. The van der Waals surface area contributed by atoms with Crippen LogP contribution in [0.1, 0.15) is 27.2 Å². The lowest BCUT2D eigenvalue weighted by Crippen LogP contribution is -2.27. The first kappa shape index (κ1) is 29.6. The van der Waals surface area contributed by atoms with Gasteiger partial charge in [-0.15, -0.1) is 0 Å². The van der Waals surface area contributed by atoms with Crippen LogP contribution in [0.2, 0.25) is 0 Å². The zero-order valence-electron chi connectivity index (χ0n) is 24.9. The molecule has 0 unspecified atom stereocenters. The average Bonchev–Trinajstić information content (AvgIpc) is 3.71. The molecule has 0 aliphatic carbocycles. The number of nitrogens with one attached hydrogen (secondary N) is 1. The Morgan fingerprint density at radius 2 is 1.56 bits per heavy atom. The highest BCUT2D eigenvalue weighted by Gasteiger charge is 2.25. The largest absolute Gasteiger partial charge is 0.445 e. The van der Waals surface area contributed by atoms with Gasteiger partial charge in [0.05, 0.1) is 16.8 Å². The van der Waals surface area contributed by atoms with E-state index in [0.29, 0.717) is 45.0 Å². The predicted molar refractivity (Wildman–Crippen MR) is 172 cm³/mol. The standard InChI is InChI=1S/C35H30N4O5S/c1-23-24(2)37-44-33(23)38-45(41,42)32-16-10-9-14-30(32)29-18-17-26(34-36-19-20-43-34)21-27(29)22-39(3)35(40)31-15-8-7-13-28(31)25-11-5-4-6-12-25/h4-21,38H,22H2,1-3H3. The second-order valence-corrected chi connectivity index (χ2v) is 12.3. The van der Waals surface area contributed by atoms with Gasteiger partial charge in [0.2, 0.25) is 11.8 Å². The van der Waals surface area contributed by atoms with Crippen molar-refractivity contribution >= 4 is 21.8 Å². The summed E-state index contributed by atoms with van der Waals surface area (Å²) in [5, 5.41) is 3.87. The zero-order chi connectivity index (χ0) is 31.6. The van der Waals surface area contributed by atoms with Crippen LogP contribution in [0.3, 0.4) is 0 Å². The Kier molecular flexibility index (Phi) is 8.06. The minimum Gasteiger partial charge on any atom is -0.445 e. The van der Waals surface area contributed by atoms with Crippen LogP contribution in [-0.2, 0) is 16.6 Å². The summed E-state index contributed by atoms with van der Waals surface area (Å²) in [7, 11) is -2.36. The molecule has 0 spiro atoms. The number of nitrogens with zero attached hydrogens (tertiary/aromatic N) is 3. The summed E-state index contributed by atoms with van der Waals surface area (Å²) in [5.74, 6) is 0.287. The highest BCUT2D eigenvalue weighted by molar-refractivity contribution is 7.92. The number of amides is 1. The number of hydrogen-bond donors (Lipinski definition) is 1. The monoisotopic (exact) mass is 618 g/mol. The zero-order valence-corrected chi connectivity index (χ0v) is 25.7. The molecule has 0 aliphatic heterocycles. The van der Waals surface area contributed by atoms with Gasteiger partial charge in [0.1, 0.15) is 6.26 Å². The SMILES string of the molecule is Cc1noc(NS(=O)(=O)c2ccccc2-c2ccc(-c3ncco3)cc2CN(C)C(=O)c2ccccc2-c2ccccc2)c1C. The third-order valence-corrected chi connectivity index (χ3v) is 9.02. The highest BCUT2D eigenvalue weighted by atomic mass is 32.2. The van der Waals surface area contributed by atoms with E-state index < -0.39 is 10.0 Å². The van der Waals surface area contributed by atoms with Gasteiger partial charge in [0, 0.05) is 35.8 Å². The quantitative estimate of drug-likeness (QED) is 0.180. The molecule has 45 heavy (non-hydrogen) atoms. The van der Waals surface area contributed by atoms with Crippen LogP contribution in [0.15, 0.2) is 123 Å². The normalized spacial score (nSPS) is 11.4. The summed E-state index contributed by atoms with van der Waals surface area (Å²) in [6.07, 6.45) is 3.04. The van der Waals surface area contributed by atoms with Crippen LogP contribution in [0, 0.1) is 13.8 Å². The summed E-state index contributed by atoms with van der Waals surface area (Å²) in [5.41, 5.74) is 5.99. The predicted octanol–water partition coefficient (Wildman–Crippen LogP) is 7.35. The van der Waals surface area contributed by atoms with Crippen LogP contribution >= 0.6 is 0 Å². The van der Waals surface area contributed by atoms with Crippen LogP contribution < -0.4 is 4.72 Å². The van der Waals surface area contributed by atoms with Gasteiger partial charge in [-0.2, -0.15) is 0 Å². The molecule has 2 heterocycles. The lowest BCUT2D eigenvalue weighted by molar-refractivity contribution is 0.0786. The first-order valence-corrected chi connectivity index (χ1v) is 15.7. The third-order valence-electron chi connectivity index (χ3n) is 7.63. The smallest absolute Gasteiger partial charge is 0.264 e. The van der Waals surface area contributed by atoms with Crippen molar-refractivity contribution in [3.05, 3.63) is 132 Å². The molecule has 9 nitrogen and oxygen atoms in total. The number of sulfonamides is 1. The number of aromatic nitrogens is 2. The van der Waals surface area contributed by atoms with Crippen LogP contribution in [0.5, 0.6) is 0 Å². The van der Waals surface area contributed by atoms with Gasteiger partial charge in [0.25, 0.3) is 15.9 Å². The van der Waals surface area contributed by atoms with Crippen molar-refractivity contribution in [2.24, 2.45) is 0 Å². The highest BCUT2D eigenvalue weighted by Crippen LogP contribution is 2.35. The number of carbonyl (C=O) groups is 1. The molecule has 0 saturated heterocycles. The van der Waals surface area contributed by atoms with Gasteiger partial charge in [-0.1, -0.05) is 78.0 Å². The second kappa shape index (κ2) is 12.3. The summed E-state index contributed by atoms with van der Waals surface area (Å²) >= 11 is 0. The Morgan fingerprint density at radius 3 is 2.27 bits per heavy atom. The number of carbonyl (C=O) groups excluding carboxylic acids is 1. The van der Waals surface area contributed by atoms with Crippen molar-refractivity contribution < 1.29 is 22.2 Å². The van der Waals surface area contributed by atoms with Crippen molar-refractivity contribution in [3.8, 4) is 33.7 Å². The molecule has 6 rings (SSSR count). The van der Waals surface area contributed by atoms with Gasteiger partial charge >= 0.3 is 0 Å². The van der Waals surface area contributed by atoms with E-state index in [4.69, 9.17) is 8.94 Å². The minimum atomic E-state index is -4.09. The van der Waals surface area contributed by atoms with Gasteiger partial charge in [-0.05, 0) is 60.4 Å². The maximum atomic E-state index is 13.9. The Hall–Kier alpha value is -5.48. The fraction of sp³-hybridized carbons (Fsp3) is 0.114. The van der Waals surface area contributed by atoms with E-state index in [0.717, 1.165) is 11.1 Å². The molecule has 1 amide bonds. The maximum absolute atomic E-state index is 13.9. The summed E-state index contributed by atoms with van der Waals surface area (Å²) < 4.78 is 40.8. The summed E-state index contributed by atoms with van der Waals surface area (Å²) in [6, 6.07) is 29.4. The Bertz CT molecular complexity index is 2090. The van der Waals surface area contributed by atoms with Crippen molar-refractivity contribution in [1.29, 1.82) is 0 Å². The Labute approximate surface area is 261 Å². The van der Waals surface area contributed by atoms with Crippen molar-refractivity contribution in [2.75, 3.05) is 11.8 Å². The lowest BCUT2D eigenvalue weighted by atomic mass is 9.96. The summed E-state index contributed by atoms with van der Waals surface area (Å²) in [4.78, 5) is 19.9. The molecule has 4 aromatic carbocycles. The molecule has 6 aromatic rings. The molecular formula is C35H30N4O5S.